The lowest BCUT2D eigenvalue weighted by molar-refractivity contribution is -0.123. The molecule has 0 fully saturated rings. The highest BCUT2D eigenvalue weighted by atomic mass is 32.1. The van der Waals surface area contributed by atoms with Gasteiger partial charge in [-0.1, -0.05) is 0 Å². The first-order chi connectivity index (χ1) is 15.3. The molecule has 164 valence electrons. The molecule has 0 unspecified atom stereocenters. The quantitative estimate of drug-likeness (QED) is 0.617. The molecule has 1 aromatic heterocycles. The van der Waals surface area contributed by atoms with Crippen molar-refractivity contribution in [3.63, 3.8) is 0 Å². The van der Waals surface area contributed by atoms with Gasteiger partial charge in [0.15, 0.2) is 6.61 Å². The van der Waals surface area contributed by atoms with Gasteiger partial charge in [-0.15, -0.1) is 11.3 Å². The van der Waals surface area contributed by atoms with Gasteiger partial charge < -0.3 is 15.4 Å². The third-order valence-electron chi connectivity index (χ3n) is 4.87. The summed E-state index contributed by atoms with van der Waals surface area (Å²) >= 11 is 1.61. The van der Waals surface area contributed by atoms with Crippen molar-refractivity contribution in [1.29, 1.82) is 0 Å². The minimum atomic E-state index is -0.343. The second kappa shape index (κ2) is 8.80. The van der Waals surface area contributed by atoms with E-state index in [0.717, 1.165) is 21.1 Å². The molecule has 3 aromatic rings. The van der Waals surface area contributed by atoms with Gasteiger partial charge in [0.05, 0.1) is 16.4 Å². The molecule has 1 aliphatic rings. The lowest BCUT2D eigenvalue weighted by Gasteiger charge is -2.29. The number of carbonyl (C=O) groups excluding carboxylic acids is 3. The monoisotopic (exact) mass is 450 g/mol. The first kappa shape index (κ1) is 21.5. The third kappa shape index (κ3) is 4.62. The topological polar surface area (TPSA) is 101 Å². The second-order valence-corrected chi connectivity index (χ2v) is 8.80. The summed E-state index contributed by atoms with van der Waals surface area (Å²) in [5.41, 5.74) is 3.46. The Hall–Kier alpha value is -3.72. The van der Waals surface area contributed by atoms with Crippen molar-refractivity contribution in [3.8, 4) is 17.0 Å². The summed E-state index contributed by atoms with van der Waals surface area (Å²) in [6.07, 6.45) is 0. The molecule has 0 atom stereocenters. The van der Waals surface area contributed by atoms with E-state index in [9.17, 15) is 14.4 Å². The normalized spacial score (nSPS) is 12.7. The number of thiazole rings is 1. The molecule has 8 nitrogen and oxygen atoms in total. The van der Waals surface area contributed by atoms with Crippen LogP contribution in [0.5, 0.6) is 5.75 Å². The van der Waals surface area contributed by atoms with Crippen molar-refractivity contribution in [2.24, 2.45) is 0 Å². The van der Waals surface area contributed by atoms with Crippen molar-refractivity contribution >= 4 is 46.1 Å². The molecule has 2 aromatic carbocycles. The Labute approximate surface area is 189 Å². The van der Waals surface area contributed by atoms with Gasteiger partial charge in [0.2, 0.25) is 11.8 Å². The zero-order valence-electron chi connectivity index (χ0n) is 17.9. The number of benzene rings is 2. The van der Waals surface area contributed by atoms with Gasteiger partial charge in [0.1, 0.15) is 12.3 Å². The first-order valence-electron chi connectivity index (χ1n) is 9.99. The van der Waals surface area contributed by atoms with E-state index < -0.39 is 0 Å². The molecule has 2 N–H and O–H groups in total. The van der Waals surface area contributed by atoms with Crippen molar-refractivity contribution in [2.45, 2.75) is 20.8 Å². The van der Waals surface area contributed by atoms with E-state index in [0.29, 0.717) is 22.8 Å². The number of rotatable bonds is 5. The van der Waals surface area contributed by atoms with Crippen molar-refractivity contribution < 1.29 is 19.1 Å². The summed E-state index contributed by atoms with van der Waals surface area (Å²) in [7, 11) is 0. The van der Waals surface area contributed by atoms with Crippen LogP contribution >= 0.6 is 11.3 Å². The van der Waals surface area contributed by atoms with Crippen LogP contribution in [0, 0.1) is 13.8 Å². The second-order valence-electron chi connectivity index (χ2n) is 7.40. The number of fused-ring (bicyclic) bond motifs is 1. The molecule has 0 bridgehead atoms. The van der Waals surface area contributed by atoms with Crippen molar-refractivity contribution in [3.05, 3.63) is 52.3 Å². The Balaban J connectivity index is 1.53. The van der Waals surface area contributed by atoms with Crippen LogP contribution in [0.1, 0.15) is 16.8 Å². The highest BCUT2D eigenvalue weighted by Crippen LogP contribution is 2.37. The standard InChI is InChI=1S/C23H22N4O4S/c1-13-23(25-15(3)32-13)16-4-9-20-19(10-16)27(22(30)12-31-20)11-21(29)26-18-7-5-17(6-8-18)24-14(2)28/h4-10H,11-12H2,1-3H3,(H,24,28)(H,26,29). The number of anilines is 3. The zero-order chi connectivity index (χ0) is 22.8. The van der Waals surface area contributed by atoms with Crippen LogP contribution in [0.25, 0.3) is 11.3 Å². The maximum atomic E-state index is 12.7. The number of aryl methyl sites for hydroxylation is 2. The number of ether oxygens (including phenoxy) is 1. The Kier molecular flexibility index (Phi) is 5.91. The van der Waals surface area contributed by atoms with Crippen LogP contribution in [-0.4, -0.2) is 35.9 Å². The molecule has 9 heteroatoms. The van der Waals surface area contributed by atoms with Gasteiger partial charge in [-0.2, -0.15) is 0 Å². The van der Waals surface area contributed by atoms with E-state index in [-0.39, 0.29) is 30.9 Å². The van der Waals surface area contributed by atoms with Crippen LogP contribution in [0.4, 0.5) is 17.1 Å². The van der Waals surface area contributed by atoms with Gasteiger partial charge in [-0.3, -0.25) is 19.3 Å². The minimum Gasteiger partial charge on any atom is -0.482 e. The number of aromatic nitrogens is 1. The molecule has 3 amide bonds. The lowest BCUT2D eigenvalue weighted by atomic mass is 10.1. The van der Waals surface area contributed by atoms with E-state index in [1.807, 2.05) is 26.0 Å². The van der Waals surface area contributed by atoms with Gasteiger partial charge in [-0.25, -0.2) is 4.98 Å². The largest absolute Gasteiger partial charge is 0.482 e. The molecule has 2 heterocycles. The maximum absolute atomic E-state index is 12.7. The summed E-state index contributed by atoms with van der Waals surface area (Å²) in [5.74, 6) is -0.263. The van der Waals surface area contributed by atoms with Gasteiger partial charge in [-0.05, 0) is 56.3 Å². The fourth-order valence-electron chi connectivity index (χ4n) is 3.50. The fraction of sp³-hybridized carbons (Fsp3) is 0.217. The van der Waals surface area contributed by atoms with E-state index in [1.165, 1.54) is 11.8 Å². The average Bonchev–Trinajstić information content (AvgIpc) is 3.09. The van der Waals surface area contributed by atoms with E-state index in [4.69, 9.17) is 4.74 Å². The minimum absolute atomic E-state index is 0.125. The fourth-order valence-corrected chi connectivity index (χ4v) is 4.34. The number of nitrogens with zero attached hydrogens (tertiary/aromatic N) is 2. The number of carbonyl (C=O) groups is 3. The first-order valence-corrected chi connectivity index (χ1v) is 10.8. The number of nitrogens with one attached hydrogen (secondary N) is 2. The highest BCUT2D eigenvalue weighted by Gasteiger charge is 2.28. The van der Waals surface area contributed by atoms with E-state index >= 15 is 0 Å². The predicted octanol–water partition coefficient (Wildman–Crippen LogP) is 3.75. The molecule has 0 spiro atoms. The van der Waals surface area contributed by atoms with Crippen LogP contribution in [0.15, 0.2) is 42.5 Å². The third-order valence-corrected chi connectivity index (χ3v) is 5.76. The molecule has 1 aliphatic heterocycles. The van der Waals surface area contributed by atoms with Crippen LogP contribution in [0.2, 0.25) is 0 Å². The molecular weight excluding hydrogens is 428 g/mol. The Bertz CT molecular complexity index is 1200. The smallest absolute Gasteiger partial charge is 0.265 e. The van der Waals surface area contributed by atoms with Crippen molar-refractivity contribution in [1.82, 2.24) is 4.98 Å². The lowest BCUT2D eigenvalue weighted by Crippen LogP contribution is -2.43. The van der Waals surface area contributed by atoms with Gasteiger partial charge in [0, 0.05) is 28.7 Å². The summed E-state index contributed by atoms with van der Waals surface area (Å²) in [6.45, 7) is 5.10. The van der Waals surface area contributed by atoms with E-state index in [1.54, 1.807) is 41.7 Å². The summed E-state index contributed by atoms with van der Waals surface area (Å²) in [5, 5.41) is 6.41. The van der Waals surface area contributed by atoms with Crippen LogP contribution < -0.4 is 20.3 Å². The summed E-state index contributed by atoms with van der Waals surface area (Å²) in [6, 6.07) is 12.3. The SMILES string of the molecule is CC(=O)Nc1ccc(NC(=O)CN2C(=O)COc3ccc(-c4nc(C)sc4C)cc32)cc1. The van der Waals surface area contributed by atoms with Gasteiger partial charge in [0.25, 0.3) is 5.91 Å². The Morgan fingerprint density at radius 1 is 1.09 bits per heavy atom. The molecule has 0 saturated carbocycles. The number of hydrogen-bond acceptors (Lipinski definition) is 6. The number of amides is 3. The summed E-state index contributed by atoms with van der Waals surface area (Å²) in [4.78, 5) is 43.5. The average molecular weight is 451 g/mol. The Morgan fingerprint density at radius 2 is 1.78 bits per heavy atom. The molecular formula is C23H22N4O4S. The number of hydrogen-bond donors (Lipinski definition) is 2. The van der Waals surface area contributed by atoms with Crippen LogP contribution in [0.3, 0.4) is 0 Å². The molecule has 0 aliphatic carbocycles. The van der Waals surface area contributed by atoms with Crippen LogP contribution in [-0.2, 0) is 14.4 Å². The molecule has 32 heavy (non-hydrogen) atoms. The zero-order valence-corrected chi connectivity index (χ0v) is 18.7. The molecule has 0 saturated heterocycles. The highest BCUT2D eigenvalue weighted by molar-refractivity contribution is 7.11. The summed E-state index contributed by atoms with van der Waals surface area (Å²) < 4.78 is 5.56. The van der Waals surface area contributed by atoms with Gasteiger partial charge >= 0.3 is 0 Å². The van der Waals surface area contributed by atoms with Crippen molar-refractivity contribution in [2.75, 3.05) is 28.7 Å². The van der Waals surface area contributed by atoms with E-state index in [2.05, 4.69) is 15.6 Å². The predicted molar refractivity (Wildman–Crippen MR) is 124 cm³/mol. The molecule has 0 radical (unpaired) electrons. The Morgan fingerprint density at radius 3 is 2.41 bits per heavy atom. The maximum Gasteiger partial charge on any atom is 0.265 e. The molecule has 4 rings (SSSR count).